The second-order valence-electron chi connectivity index (χ2n) is 5.92. The van der Waals surface area contributed by atoms with Gasteiger partial charge in [0.05, 0.1) is 37.6 Å². The summed E-state index contributed by atoms with van der Waals surface area (Å²) in [6, 6.07) is 0. The fraction of sp³-hybridized carbons (Fsp3) is 1.00. The van der Waals surface area contributed by atoms with Crippen LogP contribution in [0.25, 0.3) is 0 Å². The standard InChI is InChI=1S/C13H26O9/c14-3-8(18)10-5(1-6(16)11(10)20)2-7(17)12(21)13(22)9(19)4-15/h5-22H,1-4H2/t5?,6-,7+,8-,9-,10+,11-,12-,13-/m1/s1. The first-order chi connectivity index (χ1) is 10.2. The van der Waals surface area contributed by atoms with Crippen LogP contribution in [0.3, 0.4) is 0 Å². The Labute approximate surface area is 127 Å². The highest BCUT2D eigenvalue weighted by molar-refractivity contribution is 4.96. The van der Waals surface area contributed by atoms with Crippen LogP contribution in [0.15, 0.2) is 0 Å². The maximum Gasteiger partial charge on any atom is 0.110 e. The van der Waals surface area contributed by atoms with Crippen molar-refractivity contribution >= 4 is 0 Å². The van der Waals surface area contributed by atoms with E-state index in [2.05, 4.69) is 0 Å². The average Bonchev–Trinajstić information content (AvgIpc) is 2.78. The Morgan fingerprint density at radius 1 is 0.818 bits per heavy atom. The largest absolute Gasteiger partial charge is 0.394 e. The van der Waals surface area contributed by atoms with Crippen molar-refractivity contribution in [1.29, 1.82) is 0 Å². The van der Waals surface area contributed by atoms with Gasteiger partial charge < -0.3 is 46.0 Å². The van der Waals surface area contributed by atoms with Gasteiger partial charge in [-0.15, -0.1) is 0 Å². The van der Waals surface area contributed by atoms with E-state index >= 15 is 0 Å². The van der Waals surface area contributed by atoms with Gasteiger partial charge in [0.2, 0.25) is 0 Å². The summed E-state index contributed by atoms with van der Waals surface area (Å²) in [5.41, 5.74) is 0. The van der Waals surface area contributed by atoms with Gasteiger partial charge >= 0.3 is 0 Å². The Kier molecular flexibility index (Phi) is 7.59. The van der Waals surface area contributed by atoms with Gasteiger partial charge in [0, 0.05) is 5.92 Å². The topological polar surface area (TPSA) is 182 Å². The molecule has 1 unspecified atom stereocenters. The Morgan fingerprint density at radius 2 is 1.36 bits per heavy atom. The van der Waals surface area contributed by atoms with Crippen molar-refractivity contribution in [2.45, 2.75) is 55.6 Å². The summed E-state index contributed by atoms with van der Waals surface area (Å²) in [4.78, 5) is 0. The first-order valence-electron chi connectivity index (χ1n) is 7.22. The lowest BCUT2D eigenvalue weighted by Crippen LogP contribution is -2.47. The van der Waals surface area contributed by atoms with Crippen molar-refractivity contribution < 1.29 is 46.0 Å². The molecule has 0 radical (unpaired) electrons. The fourth-order valence-corrected chi connectivity index (χ4v) is 3.07. The van der Waals surface area contributed by atoms with Crippen LogP contribution in [0.5, 0.6) is 0 Å². The molecular formula is C13H26O9. The molecule has 0 aromatic rings. The molecule has 9 N–H and O–H groups in total. The lowest BCUT2D eigenvalue weighted by atomic mass is 9.84. The second kappa shape index (κ2) is 8.48. The van der Waals surface area contributed by atoms with Gasteiger partial charge in [0.1, 0.15) is 18.3 Å². The molecule has 1 aliphatic carbocycles. The van der Waals surface area contributed by atoms with Gasteiger partial charge in [-0.3, -0.25) is 0 Å². The first-order valence-corrected chi connectivity index (χ1v) is 7.22. The smallest absolute Gasteiger partial charge is 0.110 e. The number of rotatable bonds is 8. The molecule has 9 nitrogen and oxygen atoms in total. The van der Waals surface area contributed by atoms with E-state index in [4.69, 9.17) is 10.2 Å². The van der Waals surface area contributed by atoms with Crippen molar-refractivity contribution in [3.63, 3.8) is 0 Å². The fourth-order valence-electron chi connectivity index (χ4n) is 3.07. The highest BCUT2D eigenvalue weighted by atomic mass is 16.4. The predicted molar refractivity (Wildman–Crippen MR) is 72.4 cm³/mol. The molecule has 1 fully saturated rings. The highest BCUT2D eigenvalue weighted by Gasteiger charge is 2.46. The van der Waals surface area contributed by atoms with Crippen LogP contribution in [0, 0.1) is 11.8 Å². The minimum absolute atomic E-state index is 0.0469. The third-order valence-electron chi connectivity index (χ3n) is 4.38. The lowest BCUT2D eigenvalue weighted by molar-refractivity contribution is -0.122. The normalized spacial score (nSPS) is 35.9. The average molecular weight is 326 g/mol. The number of hydrogen-bond acceptors (Lipinski definition) is 9. The lowest BCUT2D eigenvalue weighted by Gasteiger charge is -2.30. The van der Waals surface area contributed by atoms with Crippen LogP contribution in [0.2, 0.25) is 0 Å². The van der Waals surface area contributed by atoms with Crippen molar-refractivity contribution in [2.75, 3.05) is 13.2 Å². The van der Waals surface area contributed by atoms with Gasteiger partial charge in [0.25, 0.3) is 0 Å². The maximum atomic E-state index is 9.93. The maximum absolute atomic E-state index is 9.93. The molecule has 0 bridgehead atoms. The zero-order valence-electron chi connectivity index (χ0n) is 12.0. The number of aliphatic hydroxyl groups is 9. The Balaban J connectivity index is 2.71. The summed E-state index contributed by atoms with van der Waals surface area (Å²) in [5.74, 6) is -1.49. The van der Waals surface area contributed by atoms with E-state index < -0.39 is 67.8 Å². The minimum atomic E-state index is -1.77. The van der Waals surface area contributed by atoms with Gasteiger partial charge in [-0.05, 0) is 18.8 Å². The van der Waals surface area contributed by atoms with E-state index in [-0.39, 0.29) is 12.8 Å². The minimum Gasteiger partial charge on any atom is -0.394 e. The van der Waals surface area contributed by atoms with E-state index in [0.717, 1.165) is 0 Å². The molecule has 0 spiro atoms. The Morgan fingerprint density at radius 3 is 1.86 bits per heavy atom. The van der Waals surface area contributed by atoms with Crippen molar-refractivity contribution in [3.8, 4) is 0 Å². The summed E-state index contributed by atoms with van der Waals surface area (Å²) in [5, 5.41) is 85.4. The molecule has 0 saturated heterocycles. The number of hydrogen-bond donors (Lipinski definition) is 9. The summed E-state index contributed by atoms with van der Waals surface area (Å²) in [6.07, 6.45) is -10.5. The number of aliphatic hydroxyl groups excluding tert-OH is 9. The first kappa shape index (κ1) is 19.7. The Bertz CT molecular complexity index is 329. The van der Waals surface area contributed by atoms with Crippen molar-refractivity contribution in [1.82, 2.24) is 0 Å². The van der Waals surface area contributed by atoms with E-state index in [9.17, 15) is 35.7 Å². The predicted octanol–water partition coefficient (Wildman–Crippen LogP) is -4.48. The Hall–Kier alpha value is -0.360. The quantitative estimate of drug-likeness (QED) is 0.212. The zero-order valence-corrected chi connectivity index (χ0v) is 12.0. The van der Waals surface area contributed by atoms with E-state index in [1.807, 2.05) is 0 Å². The van der Waals surface area contributed by atoms with Crippen molar-refractivity contribution in [2.24, 2.45) is 11.8 Å². The molecule has 0 aromatic carbocycles. The second-order valence-corrected chi connectivity index (χ2v) is 5.92. The van der Waals surface area contributed by atoms with Crippen LogP contribution in [0.4, 0.5) is 0 Å². The van der Waals surface area contributed by atoms with Gasteiger partial charge in [-0.1, -0.05) is 0 Å². The molecule has 0 aliphatic heterocycles. The van der Waals surface area contributed by atoms with Crippen LogP contribution in [0.1, 0.15) is 12.8 Å². The molecule has 0 aromatic heterocycles. The van der Waals surface area contributed by atoms with E-state index in [1.165, 1.54) is 0 Å². The zero-order chi connectivity index (χ0) is 17.0. The monoisotopic (exact) mass is 326 g/mol. The summed E-state index contributed by atoms with van der Waals surface area (Å²) in [7, 11) is 0. The van der Waals surface area contributed by atoms with Gasteiger partial charge in [-0.25, -0.2) is 0 Å². The third-order valence-corrected chi connectivity index (χ3v) is 4.38. The summed E-state index contributed by atoms with van der Waals surface area (Å²) in [6.45, 7) is -1.42. The van der Waals surface area contributed by atoms with Crippen LogP contribution in [-0.2, 0) is 0 Å². The van der Waals surface area contributed by atoms with Gasteiger partial charge in [-0.2, -0.15) is 0 Å². The molecule has 0 amide bonds. The van der Waals surface area contributed by atoms with E-state index in [1.54, 1.807) is 0 Å². The summed E-state index contributed by atoms with van der Waals surface area (Å²) < 4.78 is 0. The molecule has 132 valence electrons. The SMILES string of the molecule is OC[C@@H](O)[C@@H](O)[C@H](O)[C@@H](O)CC1C[C@@H](O)[C@@H](O)[C@@H]1[C@H](O)CO. The third kappa shape index (κ3) is 4.34. The van der Waals surface area contributed by atoms with Crippen LogP contribution < -0.4 is 0 Å². The molecule has 9 atom stereocenters. The summed E-state index contributed by atoms with van der Waals surface area (Å²) >= 11 is 0. The molecule has 0 heterocycles. The molecule has 9 heteroatoms. The van der Waals surface area contributed by atoms with Crippen LogP contribution in [-0.4, -0.2) is 102 Å². The molecular weight excluding hydrogens is 300 g/mol. The van der Waals surface area contributed by atoms with Crippen molar-refractivity contribution in [3.05, 3.63) is 0 Å². The van der Waals surface area contributed by atoms with Crippen LogP contribution >= 0.6 is 0 Å². The highest BCUT2D eigenvalue weighted by Crippen LogP contribution is 2.38. The molecule has 22 heavy (non-hydrogen) atoms. The van der Waals surface area contributed by atoms with E-state index in [0.29, 0.717) is 0 Å². The van der Waals surface area contributed by atoms with Gasteiger partial charge in [0.15, 0.2) is 0 Å². The molecule has 1 rings (SSSR count). The molecule has 1 saturated carbocycles. The molecule has 1 aliphatic rings.